The van der Waals surface area contributed by atoms with Crippen LogP contribution < -0.4 is 15.1 Å². The molecular formula is C13H22N6O. The van der Waals surface area contributed by atoms with Crippen LogP contribution in [0.25, 0.3) is 0 Å². The third-order valence-corrected chi connectivity index (χ3v) is 4.05. The topological polar surface area (TPSA) is 77.4 Å². The van der Waals surface area contributed by atoms with Gasteiger partial charge in [0.2, 0.25) is 17.8 Å². The first-order valence-corrected chi connectivity index (χ1v) is 7.34. The van der Waals surface area contributed by atoms with Crippen molar-refractivity contribution in [2.24, 2.45) is 5.92 Å². The Morgan fingerprint density at radius 2 is 1.80 bits per heavy atom. The number of aliphatic hydroxyl groups is 1. The zero-order valence-electron chi connectivity index (χ0n) is 11.9. The number of hydrogen-bond acceptors (Lipinski definition) is 7. The molecule has 2 aliphatic heterocycles. The van der Waals surface area contributed by atoms with E-state index in [4.69, 9.17) is 0 Å². The second-order valence-corrected chi connectivity index (χ2v) is 5.49. The molecule has 2 saturated heterocycles. The summed E-state index contributed by atoms with van der Waals surface area (Å²) in [6, 6.07) is 0. The van der Waals surface area contributed by atoms with Gasteiger partial charge in [0.25, 0.3) is 0 Å². The molecule has 0 amide bonds. The Balaban J connectivity index is 1.84. The number of nitrogens with one attached hydrogen (secondary N) is 1. The minimum absolute atomic E-state index is 0.236. The van der Waals surface area contributed by atoms with Gasteiger partial charge in [-0.15, -0.1) is 0 Å². The number of nitrogens with zero attached hydrogens (tertiary/aromatic N) is 5. The molecule has 2 fully saturated rings. The van der Waals surface area contributed by atoms with Gasteiger partial charge in [0, 0.05) is 45.8 Å². The highest BCUT2D eigenvalue weighted by atomic mass is 16.3. The average Bonchev–Trinajstić information content (AvgIpc) is 3.17. The van der Waals surface area contributed by atoms with Gasteiger partial charge >= 0.3 is 0 Å². The van der Waals surface area contributed by atoms with Crippen molar-refractivity contribution in [1.29, 1.82) is 0 Å². The van der Waals surface area contributed by atoms with Gasteiger partial charge in [0.1, 0.15) is 0 Å². The molecule has 2 N–H and O–H groups in total. The van der Waals surface area contributed by atoms with E-state index in [-0.39, 0.29) is 6.61 Å². The lowest BCUT2D eigenvalue weighted by molar-refractivity contribution is 0.238. The molecule has 0 radical (unpaired) electrons. The second kappa shape index (κ2) is 5.78. The molecule has 0 bridgehead atoms. The fraction of sp³-hybridized carbons (Fsp3) is 0.769. The number of hydrogen-bond donors (Lipinski definition) is 2. The van der Waals surface area contributed by atoms with Crippen molar-refractivity contribution >= 4 is 17.8 Å². The molecule has 7 heteroatoms. The smallest absolute Gasteiger partial charge is 0.231 e. The lowest BCUT2D eigenvalue weighted by atomic mass is 10.1. The molecule has 3 rings (SSSR count). The quantitative estimate of drug-likeness (QED) is 0.822. The third-order valence-electron chi connectivity index (χ3n) is 4.05. The van der Waals surface area contributed by atoms with E-state index in [1.165, 1.54) is 12.8 Å². The normalized spacial score (nSPS) is 22.6. The maximum atomic E-state index is 9.26. The van der Waals surface area contributed by atoms with Crippen LogP contribution in [-0.2, 0) is 0 Å². The summed E-state index contributed by atoms with van der Waals surface area (Å²) in [5, 5.41) is 12.3. The number of rotatable bonds is 4. The van der Waals surface area contributed by atoms with Crippen LogP contribution in [0.2, 0.25) is 0 Å². The maximum absolute atomic E-state index is 9.26. The van der Waals surface area contributed by atoms with Crippen LogP contribution in [0.5, 0.6) is 0 Å². The van der Waals surface area contributed by atoms with Gasteiger partial charge in [-0.1, -0.05) is 0 Å². The Labute approximate surface area is 119 Å². The van der Waals surface area contributed by atoms with Gasteiger partial charge in [-0.25, -0.2) is 0 Å². The van der Waals surface area contributed by atoms with Crippen molar-refractivity contribution in [3.05, 3.63) is 0 Å². The van der Waals surface area contributed by atoms with E-state index in [1.54, 1.807) is 0 Å². The van der Waals surface area contributed by atoms with E-state index in [9.17, 15) is 5.11 Å². The second-order valence-electron chi connectivity index (χ2n) is 5.49. The van der Waals surface area contributed by atoms with Crippen LogP contribution in [0.4, 0.5) is 17.8 Å². The number of aromatic nitrogens is 3. The number of anilines is 3. The summed E-state index contributed by atoms with van der Waals surface area (Å²) in [4.78, 5) is 17.9. The van der Waals surface area contributed by atoms with Crippen LogP contribution in [0.3, 0.4) is 0 Å². The summed E-state index contributed by atoms with van der Waals surface area (Å²) in [7, 11) is 1.83. The summed E-state index contributed by atoms with van der Waals surface area (Å²) in [5.74, 6) is 2.44. The van der Waals surface area contributed by atoms with Gasteiger partial charge < -0.3 is 20.2 Å². The molecule has 7 nitrogen and oxygen atoms in total. The molecule has 0 saturated carbocycles. The van der Waals surface area contributed by atoms with Crippen molar-refractivity contribution in [2.45, 2.75) is 19.3 Å². The molecule has 1 aromatic rings. The van der Waals surface area contributed by atoms with Gasteiger partial charge in [0.15, 0.2) is 0 Å². The standard InChI is InChI=1S/C13H22N6O/c1-14-11-15-12(18-5-2-3-6-18)17-13(16-11)19-7-4-10(8-19)9-20/h10,20H,2-9H2,1H3,(H,14,15,16,17). The fourth-order valence-electron chi connectivity index (χ4n) is 2.83. The highest BCUT2D eigenvalue weighted by Gasteiger charge is 2.25. The van der Waals surface area contributed by atoms with Crippen LogP contribution in [0.15, 0.2) is 0 Å². The number of aliphatic hydroxyl groups excluding tert-OH is 1. The highest BCUT2D eigenvalue weighted by molar-refractivity contribution is 5.46. The van der Waals surface area contributed by atoms with Crippen LogP contribution in [0.1, 0.15) is 19.3 Å². The average molecular weight is 278 g/mol. The molecule has 1 unspecified atom stereocenters. The molecule has 0 aromatic carbocycles. The van der Waals surface area contributed by atoms with E-state index in [2.05, 4.69) is 30.1 Å². The molecule has 20 heavy (non-hydrogen) atoms. The van der Waals surface area contributed by atoms with Gasteiger partial charge in [-0.05, 0) is 19.3 Å². The Kier molecular flexibility index (Phi) is 3.86. The Morgan fingerprint density at radius 3 is 2.40 bits per heavy atom. The van der Waals surface area contributed by atoms with Crippen LogP contribution in [-0.4, -0.2) is 59.9 Å². The summed E-state index contributed by atoms with van der Waals surface area (Å²) in [6.45, 7) is 4.00. The molecular weight excluding hydrogens is 256 g/mol. The Hall–Kier alpha value is -1.63. The van der Waals surface area contributed by atoms with Gasteiger partial charge in [0.05, 0.1) is 0 Å². The third kappa shape index (κ3) is 2.63. The SMILES string of the molecule is CNc1nc(N2CCCC2)nc(N2CCC(CO)C2)n1. The maximum Gasteiger partial charge on any atom is 0.231 e. The van der Waals surface area contributed by atoms with E-state index in [0.29, 0.717) is 11.9 Å². The van der Waals surface area contributed by atoms with Crippen molar-refractivity contribution in [2.75, 3.05) is 55.0 Å². The van der Waals surface area contributed by atoms with E-state index >= 15 is 0 Å². The molecule has 0 aliphatic carbocycles. The van der Waals surface area contributed by atoms with Gasteiger partial charge in [-0.3, -0.25) is 0 Å². The van der Waals surface area contributed by atoms with Gasteiger partial charge in [-0.2, -0.15) is 15.0 Å². The predicted molar refractivity (Wildman–Crippen MR) is 78.2 cm³/mol. The van der Waals surface area contributed by atoms with Crippen LogP contribution >= 0.6 is 0 Å². The lowest BCUT2D eigenvalue weighted by Crippen LogP contribution is -2.26. The predicted octanol–water partition coefficient (Wildman–Crippen LogP) is 0.332. The molecule has 1 aromatic heterocycles. The Bertz CT molecular complexity index is 462. The summed E-state index contributed by atoms with van der Waals surface area (Å²) in [5.41, 5.74) is 0. The molecule has 3 heterocycles. The first-order chi connectivity index (χ1) is 9.80. The first-order valence-electron chi connectivity index (χ1n) is 7.34. The van der Waals surface area contributed by atoms with Crippen molar-refractivity contribution in [1.82, 2.24) is 15.0 Å². The van der Waals surface area contributed by atoms with E-state index < -0.39 is 0 Å². The van der Waals surface area contributed by atoms with Crippen molar-refractivity contribution in [3.63, 3.8) is 0 Å². The largest absolute Gasteiger partial charge is 0.396 e. The van der Waals surface area contributed by atoms with E-state index in [1.807, 2.05) is 7.05 Å². The Morgan fingerprint density at radius 1 is 1.10 bits per heavy atom. The van der Waals surface area contributed by atoms with Crippen LogP contribution in [0, 0.1) is 5.92 Å². The molecule has 1 atom stereocenters. The van der Waals surface area contributed by atoms with E-state index in [0.717, 1.165) is 44.5 Å². The fourth-order valence-corrected chi connectivity index (χ4v) is 2.83. The summed E-state index contributed by atoms with van der Waals surface area (Å²) >= 11 is 0. The van der Waals surface area contributed by atoms with Crippen molar-refractivity contribution < 1.29 is 5.11 Å². The lowest BCUT2D eigenvalue weighted by Gasteiger charge is -2.20. The highest BCUT2D eigenvalue weighted by Crippen LogP contribution is 2.24. The molecule has 2 aliphatic rings. The first kappa shape index (κ1) is 13.4. The minimum Gasteiger partial charge on any atom is -0.396 e. The monoisotopic (exact) mass is 278 g/mol. The minimum atomic E-state index is 0.236. The molecule has 0 spiro atoms. The summed E-state index contributed by atoms with van der Waals surface area (Å²) in [6.07, 6.45) is 3.40. The van der Waals surface area contributed by atoms with Crippen molar-refractivity contribution in [3.8, 4) is 0 Å². The zero-order valence-corrected chi connectivity index (χ0v) is 11.9. The molecule has 110 valence electrons. The zero-order chi connectivity index (χ0) is 13.9. The summed E-state index contributed by atoms with van der Waals surface area (Å²) < 4.78 is 0.